The molecule has 2 aromatic carbocycles. The van der Waals surface area contributed by atoms with Gasteiger partial charge in [0.05, 0.1) is 5.69 Å². The van der Waals surface area contributed by atoms with Crippen LogP contribution in [0.25, 0.3) is 44.5 Å². The van der Waals surface area contributed by atoms with Gasteiger partial charge in [0.25, 0.3) is 0 Å². The van der Waals surface area contributed by atoms with Crippen LogP contribution in [-0.4, -0.2) is 15.0 Å². The Hall–Kier alpha value is -3.63. The number of hydrogen-bond acceptors (Lipinski definition) is 3. The molecule has 3 nitrogen and oxygen atoms in total. The molecule has 0 N–H and O–H groups in total. The van der Waals surface area contributed by atoms with Crippen molar-refractivity contribution in [2.75, 3.05) is 0 Å². The van der Waals surface area contributed by atoms with Crippen LogP contribution in [-0.2, 0) is 0 Å². The highest BCUT2D eigenvalue weighted by atomic mass is 35.5. The van der Waals surface area contributed by atoms with Gasteiger partial charge in [0.1, 0.15) is 5.82 Å². The maximum Gasteiger partial charge on any atom is 0.160 e. The summed E-state index contributed by atoms with van der Waals surface area (Å²) < 4.78 is 14.6. The molecule has 0 aliphatic heterocycles. The minimum Gasteiger partial charge on any atom is -0.264 e. The number of halogens is 2. The van der Waals surface area contributed by atoms with E-state index < -0.39 is 0 Å². The highest BCUT2D eigenvalue weighted by Crippen LogP contribution is 2.37. The van der Waals surface area contributed by atoms with E-state index in [4.69, 9.17) is 11.6 Å². The van der Waals surface area contributed by atoms with E-state index in [9.17, 15) is 4.39 Å². The van der Waals surface area contributed by atoms with Crippen molar-refractivity contribution in [2.45, 2.75) is 0 Å². The maximum absolute atomic E-state index is 14.6. The van der Waals surface area contributed by atoms with Crippen LogP contribution in [0.4, 0.5) is 4.39 Å². The molecule has 0 fully saturated rings. The van der Waals surface area contributed by atoms with E-state index in [0.717, 1.165) is 27.6 Å². The number of nitrogens with zero attached hydrogens (tertiary/aromatic N) is 3. The third-order valence-electron chi connectivity index (χ3n) is 4.98. The number of pyridine rings is 3. The molecule has 5 rings (SSSR count). The molecule has 3 aromatic heterocycles. The van der Waals surface area contributed by atoms with E-state index in [1.54, 1.807) is 18.5 Å². The van der Waals surface area contributed by atoms with Gasteiger partial charge < -0.3 is 0 Å². The van der Waals surface area contributed by atoms with Gasteiger partial charge in [-0.05, 0) is 59.2 Å². The quantitative estimate of drug-likeness (QED) is 0.327. The number of benzene rings is 2. The van der Waals surface area contributed by atoms with E-state index in [0.29, 0.717) is 21.9 Å². The van der Waals surface area contributed by atoms with Crippen molar-refractivity contribution >= 4 is 22.6 Å². The highest BCUT2D eigenvalue weighted by molar-refractivity contribution is 6.30. The van der Waals surface area contributed by atoms with E-state index in [1.165, 1.54) is 12.1 Å². The predicted octanol–water partition coefficient (Wildman–Crippen LogP) is 6.82. The van der Waals surface area contributed by atoms with Gasteiger partial charge in [0.2, 0.25) is 0 Å². The Bertz CT molecular complexity index is 1370. The van der Waals surface area contributed by atoms with Crippen molar-refractivity contribution < 1.29 is 4.39 Å². The molecule has 0 saturated carbocycles. The Labute approximate surface area is 177 Å². The van der Waals surface area contributed by atoms with E-state index in [-0.39, 0.29) is 5.82 Å². The fourth-order valence-corrected chi connectivity index (χ4v) is 3.76. The predicted molar refractivity (Wildman–Crippen MR) is 119 cm³/mol. The molecule has 144 valence electrons. The molecular formula is C25H15ClFN3. The van der Waals surface area contributed by atoms with Gasteiger partial charge in [-0.15, -0.1) is 0 Å². The van der Waals surface area contributed by atoms with E-state index in [1.807, 2.05) is 48.7 Å². The fourth-order valence-electron chi connectivity index (χ4n) is 3.59. The lowest BCUT2D eigenvalue weighted by atomic mass is 9.94. The molecule has 0 radical (unpaired) electrons. The molecule has 3 heterocycles. The van der Waals surface area contributed by atoms with Crippen LogP contribution in [0.15, 0.2) is 91.4 Å². The summed E-state index contributed by atoms with van der Waals surface area (Å²) in [4.78, 5) is 13.4. The first kappa shape index (κ1) is 18.4. The maximum atomic E-state index is 14.6. The van der Waals surface area contributed by atoms with Crippen LogP contribution in [0.5, 0.6) is 0 Å². The molecule has 0 unspecified atom stereocenters. The molecule has 5 aromatic rings. The van der Waals surface area contributed by atoms with Crippen LogP contribution in [0, 0.1) is 5.82 Å². The lowest BCUT2D eigenvalue weighted by Gasteiger charge is -2.14. The molecule has 0 saturated heterocycles. The van der Waals surface area contributed by atoms with Crippen LogP contribution in [0.1, 0.15) is 0 Å². The molecular weight excluding hydrogens is 397 g/mol. The van der Waals surface area contributed by atoms with Crippen molar-refractivity contribution in [3.63, 3.8) is 0 Å². The molecule has 0 amide bonds. The zero-order valence-corrected chi connectivity index (χ0v) is 16.5. The standard InChI is InChI=1S/C25H15ClFN3/c26-17-8-9-23(27)21(13-17)24-14-20(19-7-4-11-29-25(19)30-24)22-15-28-12-10-18(22)16-5-2-1-3-6-16/h1-15H. The zero-order valence-electron chi connectivity index (χ0n) is 15.8. The second kappa shape index (κ2) is 7.65. The Morgan fingerprint density at radius 1 is 0.733 bits per heavy atom. The first-order chi connectivity index (χ1) is 14.7. The number of aromatic nitrogens is 3. The lowest BCUT2D eigenvalue weighted by Crippen LogP contribution is -1.95. The first-order valence-electron chi connectivity index (χ1n) is 9.42. The van der Waals surface area contributed by atoms with Crippen molar-refractivity contribution in [1.29, 1.82) is 0 Å². The summed E-state index contributed by atoms with van der Waals surface area (Å²) in [5, 5.41) is 1.32. The van der Waals surface area contributed by atoms with Crippen molar-refractivity contribution in [1.82, 2.24) is 15.0 Å². The van der Waals surface area contributed by atoms with Gasteiger partial charge in [-0.25, -0.2) is 14.4 Å². The molecule has 0 aliphatic rings. The molecule has 5 heteroatoms. The summed E-state index contributed by atoms with van der Waals surface area (Å²) in [5.74, 6) is -0.386. The van der Waals surface area contributed by atoms with Gasteiger partial charge in [0, 0.05) is 40.1 Å². The zero-order chi connectivity index (χ0) is 20.5. The Morgan fingerprint density at radius 3 is 2.47 bits per heavy atom. The van der Waals surface area contributed by atoms with Crippen molar-refractivity contribution in [2.24, 2.45) is 0 Å². The monoisotopic (exact) mass is 411 g/mol. The van der Waals surface area contributed by atoms with Crippen LogP contribution >= 0.6 is 11.6 Å². The van der Waals surface area contributed by atoms with E-state index >= 15 is 0 Å². The van der Waals surface area contributed by atoms with Crippen LogP contribution < -0.4 is 0 Å². The summed E-state index contributed by atoms with van der Waals surface area (Å²) >= 11 is 6.13. The van der Waals surface area contributed by atoms with Crippen molar-refractivity contribution in [3.05, 3.63) is 102 Å². The average molecular weight is 412 g/mol. The SMILES string of the molecule is Fc1ccc(Cl)cc1-c1cc(-c2cnccc2-c2ccccc2)c2cccnc2n1. The van der Waals surface area contributed by atoms with E-state index in [2.05, 4.69) is 27.1 Å². The Morgan fingerprint density at radius 2 is 1.60 bits per heavy atom. The smallest absolute Gasteiger partial charge is 0.160 e. The minimum atomic E-state index is -0.386. The molecule has 0 atom stereocenters. The second-order valence-corrected chi connectivity index (χ2v) is 7.28. The summed E-state index contributed by atoms with van der Waals surface area (Å²) in [7, 11) is 0. The van der Waals surface area contributed by atoms with Gasteiger partial charge in [-0.3, -0.25) is 4.98 Å². The third-order valence-corrected chi connectivity index (χ3v) is 5.22. The van der Waals surface area contributed by atoms with Crippen LogP contribution in [0.2, 0.25) is 5.02 Å². The van der Waals surface area contributed by atoms with Crippen molar-refractivity contribution in [3.8, 4) is 33.5 Å². The van der Waals surface area contributed by atoms with Gasteiger partial charge in [-0.2, -0.15) is 0 Å². The topological polar surface area (TPSA) is 38.7 Å². The number of fused-ring (bicyclic) bond motifs is 1. The fraction of sp³-hybridized carbons (Fsp3) is 0. The summed E-state index contributed by atoms with van der Waals surface area (Å²) in [6.45, 7) is 0. The summed E-state index contributed by atoms with van der Waals surface area (Å²) in [6.07, 6.45) is 5.27. The molecule has 0 aliphatic carbocycles. The molecule has 0 bridgehead atoms. The summed E-state index contributed by atoms with van der Waals surface area (Å²) in [6, 6.07) is 22.2. The molecule has 0 spiro atoms. The highest BCUT2D eigenvalue weighted by Gasteiger charge is 2.16. The number of rotatable bonds is 3. The Kier molecular flexibility index (Phi) is 4.69. The van der Waals surface area contributed by atoms with Gasteiger partial charge >= 0.3 is 0 Å². The van der Waals surface area contributed by atoms with Gasteiger partial charge in [0.15, 0.2) is 5.65 Å². The van der Waals surface area contributed by atoms with Crippen LogP contribution in [0.3, 0.4) is 0 Å². The minimum absolute atomic E-state index is 0.335. The first-order valence-corrected chi connectivity index (χ1v) is 9.79. The average Bonchev–Trinajstić information content (AvgIpc) is 2.80. The largest absolute Gasteiger partial charge is 0.264 e. The van der Waals surface area contributed by atoms with Gasteiger partial charge in [-0.1, -0.05) is 41.9 Å². The second-order valence-electron chi connectivity index (χ2n) is 6.84. The Balaban J connectivity index is 1.82. The lowest BCUT2D eigenvalue weighted by molar-refractivity contribution is 0.631. The summed E-state index contributed by atoms with van der Waals surface area (Å²) in [5.41, 5.74) is 5.24. The number of hydrogen-bond donors (Lipinski definition) is 0. The third kappa shape index (κ3) is 3.31. The molecule has 30 heavy (non-hydrogen) atoms. The normalized spacial score (nSPS) is 11.0.